The van der Waals surface area contributed by atoms with Crippen LogP contribution in [0, 0.1) is 0 Å². The van der Waals surface area contributed by atoms with Gasteiger partial charge in [-0.05, 0) is 30.3 Å². The Morgan fingerprint density at radius 2 is 1.77 bits per heavy atom. The van der Waals surface area contributed by atoms with Crippen LogP contribution in [0.5, 0.6) is 0 Å². The third-order valence-electron chi connectivity index (χ3n) is 4.07. The highest BCUT2D eigenvalue weighted by Gasteiger charge is 2.18. The highest BCUT2D eigenvalue weighted by molar-refractivity contribution is 9.10. The zero-order valence-corrected chi connectivity index (χ0v) is 19.7. The molecule has 0 aliphatic heterocycles. The number of thiazole rings is 1. The lowest BCUT2D eigenvalue weighted by molar-refractivity contribution is -0.113. The second-order valence-electron chi connectivity index (χ2n) is 6.09. The van der Waals surface area contributed by atoms with Crippen LogP contribution in [0.15, 0.2) is 56.7 Å². The molecular formula is C21H17BrN2O5S2. The number of rotatable bonds is 7. The molecule has 10 heteroatoms. The number of halogens is 1. The Kier molecular flexibility index (Phi) is 7.83. The Labute approximate surface area is 195 Å². The number of ether oxygens (including phenoxy) is 2. The number of benzene rings is 2. The molecule has 1 amide bonds. The van der Waals surface area contributed by atoms with E-state index in [1.807, 2.05) is 29.6 Å². The summed E-state index contributed by atoms with van der Waals surface area (Å²) >= 11 is 6.13. The molecule has 0 saturated carbocycles. The quantitative estimate of drug-likeness (QED) is 0.350. The Bertz CT molecular complexity index is 1120. The number of esters is 2. The van der Waals surface area contributed by atoms with E-state index in [1.54, 1.807) is 0 Å². The fraction of sp³-hybridized carbons (Fsp3) is 0.143. The first-order chi connectivity index (χ1) is 14.9. The van der Waals surface area contributed by atoms with E-state index in [-0.39, 0.29) is 28.5 Å². The Morgan fingerprint density at radius 3 is 2.45 bits per heavy atom. The monoisotopic (exact) mass is 520 g/mol. The molecule has 0 bridgehead atoms. The number of amides is 1. The summed E-state index contributed by atoms with van der Waals surface area (Å²) in [7, 11) is 2.49. The summed E-state index contributed by atoms with van der Waals surface area (Å²) in [6, 6.07) is 12.0. The molecule has 0 unspecified atom stereocenters. The van der Waals surface area contributed by atoms with Gasteiger partial charge in [-0.15, -0.1) is 11.3 Å². The molecule has 31 heavy (non-hydrogen) atoms. The van der Waals surface area contributed by atoms with Crippen LogP contribution >= 0.6 is 39.0 Å². The molecule has 0 spiro atoms. The molecule has 160 valence electrons. The number of hydrogen-bond donors (Lipinski definition) is 1. The fourth-order valence-corrected chi connectivity index (χ4v) is 4.47. The first-order valence-electron chi connectivity index (χ1n) is 8.86. The van der Waals surface area contributed by atoms with Crippen molar-refractivity contribution in [2.75, 3.05) is 25.3 Å². The standard InChI is InChI=1S/C21H17BrN2O5S2/c1-28-19(26)13-5-8-15(20(27)29-2)16(9-13)23-18(25)11-31-21-24-17(10-30-21)12-3-6-14(22)7-4-12/h3-10H,11H2,1-2H3,(H,23,25). The number of aromatic nitrogens is 1. The van der Waals surface area contributed by atoms with Crippen LogP contribution in [-0.2, 0) is 14.3 Å². The van der Waals surface area contributed by atoms with Crippen LogP contribution in [0.4, 0.5) is 5.69 Å². The van der Waals surface area contributed by atoms with E-state index in [0.29, 0.717) is 0 Å². The molecule has 0 radical (unpaired) electrons. The van der Waals surface area contributed by atoms with E-state index in [2.05, 4.69) is 26.2 Å². The van der Waals surface area contributed by atoms with Gasteiger partial charge in [0.1, 0.15) is 0 Å². The molecule has 3 rings (SSSR count). The summed E-state index contributed by atoms with van der Waals surface area (Å²) < 4.78 is 11.2. The van der Waals surface area contributed by atoms with Crippen LogP contribution < -0.4 is 5.32 Å². The second kappa shape index (κ2) is 10.6. The molecule has 0 fully saturated rings. The van der Waals surface area contributed by atoms with Gasteiger partial charge >= 0.3 is 11.9 Å². The van der Waals surface area contributed by atoms with Crippen molar-refractivity contribution in [3.63, 3.8) is 0 Å². The van der Waals surface area contributed by atoms with E-state index < -0.39 is 11.9 Å². The lowest BCUT2D eigenvalue weighted by Crippen LogP contribution is -2.18. The van der Waals surface area contributed by atoms with E-state index in [4.69, 9.17) is 9.47 Å². The minimum Gasteiger partial charge on any atom is -0.465 e. The van der Waals surface area contributed by atoms with Crippen molar-refractivity contribution in [3.8, 4) is 11.3 Å². The number of thioether (sulfide) groups is 1. The average Bonchev–Trinajstić information content (AvgIpc) is 3.26. The molecule has 1 N–H and O–H groups in total. The maximum Gasteiger partial charge on any atom is 0.339 e. The van der Waals surface area contributed by atoms with Gasteiger partial charge in [0, 0.05) is 15.4 Å². The molecule has 0 aliphatic rings. The highest BCUT2D eigenvalue weighted by atomic mass is 79.9. The number of carbonyl (C=O) groups excluding carboxylic acids is 3. The lowest BCUT2D eigenvalue weighted by atomic mass is 10.1. The number of hydrogen-bond acceptors (Lipinski definition) is 8. The SMILES string of the molecule is COC(=O)c1ccc(C(=O)OC)c(NC(=O)CSc2nc(-c3ccc(Br)cc3)cs2)c1. The van der Waals surface area contributed by atoms with E-state index in [1.165, 1.54) is 55.5 Å². The minimum absolute atomic E-state index is 0.0797. The fourth-order valence-electron chi connectivity index (χ4n) is 2.57. The van der Waals surface area contributed by atoms with Crippen molar-refractivity contribution in [1.82, 2.24) is 4.98 Å². The summed E-state index contributed by atoms with van der Waals surface area (Å²) in [6.07, 6.45) is 0. The van der Waals surface area contributed by atoms with Crippen LogP contribution in [0.25, 0.3) is 11.3 Å². The van der Waals surface area contributed by atoms with Crippen LogP contribution in [0.2, 0.25) is 0 Å². The summed E-state index contributed by atoms with van der Waals surface area (Å²) in [5.74, 6) is -1.48. The van der Waals surface area contributed by atoms with Crippen molar-refractivity contribution in [1.29, 1.82) is 0 Å². The van der Waals surface area contributed by atoms with Crippen molar-refractivity contribution in [2.24, 2.45) is 0 Å². The van der Waals surface area contributed by atoms with Crippen molar-refractivity contribution >= 4 is 62.6 Å². The third kappa shape index (κ3) is 5.93. The lowest BCUT2D eigenvalue weighted by Gasteiger charge is -2.11. The Hall–Kier alpha value is -2.69. The highest BCUT2D eigenvalue weighted by Crippen LogP contribution is 2.29. The molecule has 0 saturated heterocycles. The predicted octanol–water partition coefficient (Wildman–Crippen LogP) is 4.88. The summed E-state index contributed by atoms with van der Waals surface area (Å²) in [4.78, 5) is 40.8. The first kappa shape index (κ1) is 23.0. The Morgan fingerprint density at radius 1 is 1.06 bits per heavy atom. The second-order valence-corrected chi connectivity index (χ2v) is 9.08. The van der Waals surface area contributed by atoms with E-state index in [0.717, 1.165) is 20.1 Å². The summed E-state index contributed by atoms with van der Waals surface area (Å²) in [6.45, 7) is 0. The Balaban J connectivity index is 1.68. The maximum atomic E-state index is 12.5. The zero-order chi connectivity index (χ0) is 22.4. The number of methoxy groups -OCH3 is 2. The van der Waals surface area contributed by atoms with E-state index >= 15 is 0 Å². The number of nitrogens with zero attached hydrogens (tertiary/aromatic N) is 1. The van der Waals surface area contributed by atoms with Gasteiger partial charge in [-0.25, -0.2) is 14.6 Å². The number of nitrogens with one attached hydrogen (secondary N) is 1. The molecule has 3 aromatic rings. The topological polar surface area (TPSA) is 94.6 Å². The van der Waals surface area contributed by atoms with Gasteiger partial charge in [0.05, 0.1) is 42.5 Å². The molecule has 7 nitrogen and oxygen atoms in total. The van der Waals surface area contributed by atoms with Gasteiger partial charge in [0.2, 0.25) is 5.91 Å². The predicted molar refractivity (Wildman–Crippen MR) is 124 cm³/mol. The van der Waals surface area contributed by atoms with Gasteiger partial charge < -0.3 is 14.8 Å². The third-order valence-corrected chi connectivity index (χ3v) is 6.62. The zero-order valence-electron chi connectivity index (χ0n) is 16.5. The summed E-state index contributed by atoms with van der Waals surface area (Å²) in [5.41, 5.74) is 2.34. The van der Waals surface area contributed by atoms with E-state index in [9.17, 15) is 14.4 Å². The minimum atomic E-state index is -0.626. The first-order valence-corrected chi connectivity index (χ1v) is 11.5. The van der Waals surface area contributed by atoms with Crippen molar-refractivity contribution in [3.05, 3.63) is 63.4 Å². The largest absolute Gasteiger partial charge is 0.465 e. The molecule has 1 aromatic heterocycles. The smallest absolute Gasteiger partial charge is 0.339 e. The summed E-state index contributed by atoms with van der Waals surface area (Å²) in [5, 5.41) is 4.59. The molecule has 0 atom stereocenters. The van der Waals surface area contributed by atoms with Crippen molar-refractivity contribution in [2.45, 2.75) is 4.34 Å². The van der Waals surface area contributed by atoms with Gasteiger partial charge in [-0.3, -0.25) is 4.79 Å². The molecule has 2 aromatic carbocycles. The van der Waals surface area contributed by atoms with Gasteiger partial charge in [-0.1, -0.05) is 39.8 Å². The van der Waals surface area contributed by atoms with Gasteiger partial charge in [-0.2, -0.15) is 0 Å². The number of anilines is 1. The molecule has 1 heterocycles. The number of carbonyl (C=O) groups is 3. The normalized spacial score (nSPS) is 10.4. The van der Waals surface area contributed by atoms with Gasteiger partial charge in [0.25, 0.3) is 0 Å². The average molecular weight is 521 g/mol. The molecular weight excluding hydrogens is 504 g/mol. The van der Waals surface area contributed by atoms with Gasteiger partial charge in [0.15, 0.2) is 4.34 Å². The van der Waals surface area contributed by atoms with Crippen LogP contribution in [0.3, 0.4) is 0 Å². The van der Waals surface area contributed by atoms with Crippen molar-refractivity contribution < 1.29 is 23.9 Å². The maximum absolute atomic E-state index is 12.5. The molecule has 0 aliphatic carbocycles. The van der Waals surface area contributed by atoms with Crippen LogP contribution in [-0.4, -0.2) is 42.8 Å². The van der Waals surface area contributed by atoms with Crippen LogP contribution in [0.1, 0.15) is 20.7 Å².